The first-order valence-electron chi connectivity index (χ1n) is 8.60. The van der Waals surface area contributed by atoms with Crippen LogP contribution < -0.4 is 16.0 Å². The lowest BCUT2D eigenvalue weighted by Crippen LogP contribution is -2.37. The van der Waals surface area contributed by atoms with Gasteiger partial charge < -0.3 is 20.4 Å². The maximum atomic E-state index is 11.9. The van der Waals surface area contributed by atoms with E-state index in [0.717, 1.165) is 30.2 Å². The highest BCUT2D eigenvalue weighted by atomic mass is 127. The summed E-state index contributed by atoms with van der Waals surface area (Å²) in [6, 6.07) is 11.0. The Morgan fingerprint density at radius 2 is 1.93 bits per heavy atom. The number of unbranched alkanes of at least 4 members (excludes halogenated alkanes) is 1. The molecule has 0 saturated heterocycles. The summed E-state index contributed by atoms with van der Waals surface area (Å²) in [6.07, 6.45) is 5.94. The third-order valence-corrected chi connectivity index (χ3v) is 4.40. The summed E-state index contributed by atoms with van der Waals surface area (Å²) in [4.78, 5) is 16.2. The van der Waals surface area contributed by atoms with E-state index in [-0.39, 0.29) is 29.9 Å². The lowest BCUT2D eigenvalue weighted by Gasteiger charge is -2.12. The monoisotopic (exact) mass is 502 g/mol. The van der Waals surface area contributed by atoms with Crippen LogP contribution in [0.25, 0.3) is 0 Å². The number of nitrogens with one attached hydrogen (secondary N) is 3. The smallest absolute Gasteiger partial charge is 0.291 e. The number of carbonyl (C=O) groups is 1. The molecule has 3 N–H and O–H groups in total. The fraction of sp³-hybridized carbons (Fsp3) is 0.368. The van der Waals surface area contributed by atoms with E-state index < -0.39 is 0 Å². The van der Waals surface area contributed by atoms with Crippen LogP contribution in [0.3, 0.4) is 0 Å². The van der Waals surface area contributed by atoms with Crippen molar-refractivity contribution in [3.05, 3.63) is 54.0 Å². The predicted octanol–water partition coefficient (Wildman–Crippen LogP) is 3.96. The number of anilines is 1. The van der Waals surface area contributed by atoms with Crippen molar-refractivity contribution in [1.82, 2.24) is 10.6 Å². The Morgan fingerprint density at radius 3 is 2.56 bits per heavy atom. The van der Waals surface area contributed by atoms with Gasteiger partial charge in [-0.2, -0.15) is 11.8 Å². The van der Waals surface area contributed by atoms with Gasteiger partial charge >= 0.3 is 0 Å². The summed E-state index contributed by atoms with van der Waals surface area (Å²) >= 11 is 1.87. The van der Waals surface area contributed by atoms with Gasteiger partial charge in [-0.3, -0.25) is 9.79 Å². The standard InChI is InChI=1S/C19H26N4O2S.HI/c1-20-19(21-11-3-4-13-26-2)22-14-15-7-9-16(10-8-15)23-18(24)17-6-5-12-25-17;/h5-10,12H,3-4,11,13-14H2,1-2H3,(H,23,24)(H2,20,21,22);1H. The number of amides is 1. The molecule has 0 atom stereocenters. The van der Waals surface area contributed by atoms with Gasteiger partial charge in [-0.25, -0.2) is 0 Å². The van der Waals surface area contributed by atoms with Gasteiger partial charge in [-0.1, -0.05) is 12.1 Å². The minimum Gasteiger partial charge on any atom is -0.459 e. The quantitative estimate of drug-likeness (QED) is 0.210. The van der Waals surface area contributed by atoms with Crippen LogP contribution in [0.2, 0.25) is 0 Å². The molecule has 0 aliphatic carbocycles. The average molecular weight is 502 g/mol. The Bertz CT molecular complexity index is 690. The predicted molar refractivity (Wildman–Crippen MR) is 124 cm³/mol. The molecular formula is C19H27IN4O2S. The van der Waals surface area contributed by atoms with E-state index in [1.165, 1.54) is 18.4 Å². The first kappa shape index (κ1) is 23.4. The lowest BCUT2D eigenvalue weighted by molar-refractivity contribution is 0.0996. The van der Waals surface area contributed by atoms with Gasteiger partial charge in [-0.05, 0) is 54.7 Å². The van der Waals surface area contributed by atoms with Crippen molar-refractivity contribution in [2.24, 2.45) is 4.99 Å². The van der Waals surface area contributed by atoms with Crippen LogP contribution in [-0.4, -0.2) is 37.5 Å². The second-order valence-corrected chi connectivity index (χ2v) is 6.67. The fourth-order valence-electron chi connectivity index (χ4n) is 2.29. The fourth-order valence-corrected chi connectivity index (χ4v) is 2.78. The normalized spacial score (nSPS) is 10.8. The van der Waals surface area contributed by atoms with Crippen LogP contribution in [0.5, 0.6) is 0 Å². The van der Waals surface area contributed by atoms with Gasteiger partial charge in [0.2, 0.25) is 0 Å². The van der Waals surface area contributed by atoms with Crippen LogP contribution in [0, 0.1) is 0 Å². The van der Waals surface area contributed by atoms with Gasteiger partial charge in [-0.15, -0.1) is 24.0 Å². The number of guanidine groups is 1. The minimum atomic E-state index is -0.257. The number of rotatable bonds is 9. The van der Waals surface area contributed by atoms with Gasteiger partial charge in [0.15, 0.2) is 11.7 Å². The molecule has 0 aliphatic heterocycles. The van der Waals surface area contributed by atoms with Crippen LogP contribution in [-0.2, 0) is 6.54 Å². The van der Waals surface area contributed by atoms with Gasteiger partial charge in [0, 0.05) is 25.8 Å². The van der Waals surface area contributed by atoms with Crippen molar-refractivity contribution in [2.75, 3.05) is 30.9 Å². The number of halogens is 1. The molecule has 0 radical (unpaired) electrons. The molecule has 27 heavy (non-hydrogen) atoms. The van der Waals surface area contributed by atoms with Crippen molar-refractivity contribution in [1.29, 1.82) is 0 Å². The van der Waals surface area contributed by atoms with Crippen molar-refractivity contribution < 1.29 is 9.21 Å². The van der Waals surface area contributed by atoms with Crippen LogP contribution in [0.4, 0.5) is 5.69 Å². The van der Waals surface area contributed by atoms with Gasteiger partial charge in [0.25, 0.3) is 5.91 Å². The van der Waals surface area contributed by atoms with Crippen LogP contribution in [0.1, 0.15) is 29.0 Å². The number of furan rings is 1. The molecule has 8 heteroatoms. The first-order valence-corrected chi connectivity index (χ1v) is 9.99. The number of hydrogen-bond donors (Lipinski definition) is 3. The van der Waals surface area contributed by atoms with Crippen molar-refractivity contribution in [3.8, 4) is 0 Å². The molecule has 0 fully saturated rings. The molecule has 0 saturated carbocycles. The largest absolute Gasteiger partial charge is 0.459 e. The Hall–Kier alpha value is -1.68. The van der Waals surface area contributed by atoms with Crippen molar-refractivity contribution in [3.63, 3.8) is 0 Å². The Morgan fingerprint density at radius 1 is 1.15 bits per heavy atom. The summed E-state index contributed by atoms with van der Waals surface area (Å²) in [6.45, 7) is 1.58. The van der Waals surface area contributed by atoms with E-state index in [9.17, 15) is 4.79 Å². The SMILES string of the molecule is CN=C(NCCCCSC)NCc1ccc(NC(=O)c2ccco2)cc1.I. The second-order valence-electron chi connectivity index (χ2n) is 5.68. The molecule has 148 valence electrons. The molecule has 1 aromatic heterocycles. The molecule has 1 amide bonds. The van der Waals surface area contributed by atoms with Crippen LogP contribution >= 0.6 is 35.7 Å². The third-order valence-electron chi connectivity index (χ3n) is 3.71. The Kier molecular flexibility index (Phi) is 11.7. The first-order chi connectivity index (χ1) is 12.7. The summed E-state index contributed by atoms with van der Waals surface area (Å²) in [5.41, 5.74) is 1.83. The lowest BCUT2D eigenvalue weighted by atomic mass is 10.2. The summed E-state index contributed by atoms with van der Waals surface area (Å²) in [5, 5.41) is 9.41. The number of nitrogens with zero attached hydrogens (tertiary/aromatic N) is 1. The van der Waals surface area contributed by atoms with E-state index in [1.54, 1.807) is 19.2 Å². The van der Waals surface area contributed by atoms with E-state index >= 15 is 0 Å². The minimum absolute atomic E-state index is 0. The number of aliphatic imine (C=N–C) groups is 1. The molecule has 0 spiro atoms. The Labute approximate surface area is 182 Å². The zero-order valence-corrected chi connectivity index (χ0v) is 18.8. The molecule has 1 aromatic carbocycles. The maximum Gasteiger partial charge on any atom is 0.291 e. The summed E-state index contributed by atoms with van der Waals surface area (Å²) in [7, 11) is 1.77. The highest BCUT2D eigenvalue weighted by molar-refractivity contribution is 14.0. The number of hydrogen-bond acceptors (Lipinski definition) is 4. The maximum absolute atomic E-state index is 11.9. The van der Waals surface area contributed by atoms with Crippen molar-refractivity contribution in [2.45, 2.75) is 19.4 Å². The summed E-state index contributed by atoms with van der Waals surface area (Å²) in [5.74, 6) is 2.02. The van der Waals surface area contributed by atoms with Crippen molar-refractivity contribution >= 4 is 53.3 Å². The molecule has 2 aromatic rings. The van der Waals surface area contributed by atoms with Crippen LogP contribution in [0.15, 0.2) is 52.1 Å². The van der Waals surface area contributed by atoms with Gasteiger partial charge in [0.1, 0.15) is 0 Å². The number of carbonyl (C=O) groups excluding carboxylic acids is 1. The second kappa shape index (κ2) is 13.5. The molecule has 0 unspecified atom stereocenters. The molecule has 0 aliphatic rings. The zero-order valence-electron chi connectivity index (χ0n) is 15.7. The van der Waals surface area contributed by atoms with Gasteiger partial charge in [0.05, 0.1) is 6.26 Å². The van der Waals surface area contributed by atoms with E-state index in [0.29, 0.717) is 12.3 Å². The molecule has 0 bridgehead atoms. The molecule has 6 nitrogen and oxygen atoms in total. The highest BCUT2D eigenvalue weighted by Crippen LogP contribution is 2.11. The average Bonchev–Trinajstić information content (AvgIpc) is 3.20. The highest BCUT2D eigenvalue weighted by Gasteiger charge is 2.08. The third kappa shape index (κ3) is 8.70. The Balaban J connectivity index is 0.00000364. The number of thioether (sulfide) groups is 1. The number of benzene rings is 1. The van der Waals surface area contributed by atoms with E-state index in [4.69, 9.17) is 4.42 Å². The summed E-state index contributed by atoms with van der Waals surface area (Å²) < 4.78 is 5.08. The molecular weight excluding hydrogens is 475 g/mol. The molecule has 1 heterocycles. The van der Waals surface area contributed by atoms with E-state index in [2.05, 4.69) is 27.2 Å². The molecule has 2 rings (SSSR count). The van der Waals surface area contributed by atoms with E-state index in [1.807, 2.05) is 36.0 Å². The topological polar surface area (TPSA) is 78.7 Å². The zero-order chi connectivity index (χ0) is 18.6.